The number of alkyl halides is 2. The quantitative estimate of drug-likeness (QED) is 0.752. The van der Waals surface area contributed by atoms with Gasteiger partial charge in [-0.05, 0) is 0 Å². The number of carboxylic acid groups (broad SMARTS) is 1. The van der Waals surface area contributed by atoms with Gasteiger partial charge in [-0.25, -0.2) is 4.79 Å². The van der Waals surface area contributed by atoms with Gasteiger partial charge in [0.25, 0.3) is 5.24 Å². The highest BCUT2D eigenvalue weighted by Crippen LogP contribution is 2.22. The maximum absolute atomic E-state index is 12.6. The molecule has 0 saturated carbocycles. The third-order valence-corrected chi connectivity index (χ3v) is 2.44. The topological polar surface area (TPSA) is 57.6 Å². The van der Waals surface area contributed by atoms with E-state index in [4.69, 9.17) is 5.11 Å². The fraction of sp³-hybridized carbons (Fsp3) is 0.667. The van der Waals surface area contributed by atoms with Crippen LogP contribution in [0.2, 0.25) is 0 Å². The maximum atomic E-state index is 12.6. The van der Waals surface area contributed by atoms with E-state index in [0.717, 1.165) is 16.7 Å². The largest absolute Gasteiger partial charge is 0.477 e. The van der Waals surface area contributed by atoms with Gasteiger partial charge in [0.05, 0.1) is 6.54 Å². The molecule has 0 aliphatic carbocycles. The number of carbonyl (C=O) groups is 2. The van der Waals surface area contributed by atoms with Crippen LogP contribution in [0.1, 0.15) is 0 Å². The summed E-state index contributed by atoms with van der Waals surface area (Å²) in [6, 6.07) is 0. The van der Waals surface area contributed by atoms with Gasteiger partial charge in [-0.15, -0.1) is 0 Å². The molecule has 1 amide bonds. The van der Waals surface area contributed by atoms with Crippen LogP contribution >= 0.6 is 11.8 Å². The predicted octanol–water partition coefficient (Wildman–Crippen LogP) is 0.875. The lowest BCUT2D eigenvalue weighted by atomic mass is 10.3. The van der Waals surface area contributed by atoms with Gasteiger partial charge in [0.2, 0.25) is 0 Å². The number of hydrogen-bond acceptors (Lipinski definition) is 3. The van der Waals surface area contributed by atoms with E-state index in [0.29, 0.717) is 5.75 Å². The molecule has 0 atom stereocenters. The SMILES string of the molecule is O=C1SCCN1CC(F)(F)C(=O)O. The Hall–Kier alpha value is -0.850. The average molecular weight is 211 g/mol. The minimum atomic E-state index is -3.85. The standard InChI is InChI=1S/C6H7F2NO3S/c7-6(8,4(10)11)3-9-1-2-13-5(9)12/h1-3H2,(H,10,11). The highest BCUT2D eigenvalue weighted by molar-refractivity contribution is 8.13. The van der Waals surface area contributed by atoms with E-state index < -0.39 is 23.7 Å². The van der Waals surface area contributed by atoms with E-state index in [9.17, 15) is 18.4 Å². The Morgan fingerprint density at radius 3 is 2.69 bits per heavy atom. The fourth-order valence-corrected chi connectivity index (χ4v) is 1.70. The van der Waals surface area contributed by atoms with Gasteiger partial charge in [0.15, 0.2) is 0 Å². The highest BCUT2D eigenvalue weighted by atomic mass is 32.2. The zero-order chi connectivity index (χ0) is 10.1. The molecule has 0 bridgehead atoms. The summed E-state index contributed by atoms with van der Waals surface area (Å²) in [6.07, 6.45) is 0. The van der Waals surface area contributed by atoms with Gasteiger partial charge in [-0.1, -0.05) is 11.8 Å². The van der Waals surface area contributed by atoms with Crippen LogP contribution in [0.25, 0.3) is 0 Å². The molecule has 1 heterocycles. The van der Waals surface area contributed by atoms with Crippen LogP contribution in [0.4, 0.5) is 13.6 Å². The lowest BCUT2D eigenvalue weighted by Crippen LogP contribution is -2.42. The number of halogens is 2. The second-order valence-corrected chi connectivity index (χ2v) is 3.59. The lowest BCUT2D eigenvalue weighted by molar-refractivity contribution is -0.166. The van der Waals surface area contributed by atoms with Crippen molar-refractivity contribution in [3.8, 4) is 0 Å². The molecule has 0 unspecified atom stereocenters. The minimum absolute atomic E-state index is 0.187. The zero-order valence-corrected chi connectivity index (χ0v) is 7.31. The molecule has 0 aromatic carbocycles. The first kappa shape index (κ1) is 10.2. The van der Waals surface area contributed by atoms with Crippen molar-refractivity contribution in [2.24, 2.45) is 0 Å². The van der Waals surface area contributed by atoms with E-state index in [1.54, 1.807) is 0 Å². The van der Waals surface area contributed by atoms with Crippen molar-refractivity contribution >= 4 is 23.0 Å². The van der Waals surface area contributed by atoms with Crippen molar-refractivity contribution in [1.82, 2.24) is 4.90 Å². The molecule has 13 heavy (non-hydrogen) atoms. The Balaban J connectivity index is 2.57. The van der Waals surface area contributed by atoms with Crippen LogP contribution in [0.15, 0.2) is 0 Å². The number of carboxylic acids is 1. The van der Waals surface area contributed by atoms with Gasteiger partial charge in [0, 0.05) is 12.3 Å². The normalized spacial score (nSPS) is 18.0. The van der Waals surface area contributed by atoms with Crippen molar-refractivity contribution < 1.29 is 23.5 Å². The molecule has 1 aliphatic heterocycles. The van der Waals surface area contributed by atoms with Crippen molar-refractivity contribution in [3.05, 3.63) is 0 Å². The Morgan fingerprint density at radius 1 is 1.69 bits per heavy atom. The van der Waals surface area contributed by atoms with Gasteiger partial charge < -0.3 is 10.0 Å². The van der Waals surface area contributed by atoms with E-state index in [-0.39, 0.29) is 6.54 Å². The van der Waals surface area contributed by atoms with Crippen LogP contribution in [0.3, 0.4) is 0 Å². The van der Waals surface area contributed by atoms with Crippen LogP contribution in [0.5, 0.6) is 0 Å². The average Bonchev–Trinajstić information content (AvgIpc) is 2.35. The van der Waals surface area contributed by atoms with Crippen LogP contribution < -0.4 is 0 Å². The van der Waals surface area contributed by atoms with Crippen molar-refractivity contribution in [1.29, 1.82) is 0 Å². The molecule has 74 valence electrons. The molecule has 0 radical (unpaired) electrons. The Kier molecular flexibility index (Phi) is 2.74. The number of aliphatic carboxylic acids is 1. The fourth-order valence-electron chi connectivity index (χ4n) is 0.877. The molecular weight excluding hydrogens is 204 g/mol. The third kappa shape index (κ3) is 2.30. The number of carbonyl (C=O) groups excluding carboxylic acids is 1. The molecule has 0 aromatic heterocycles. The molecule has 1 aliphatic rings. The lowest BCUT2D eigenvalue weighted by Gasteiger charge is -2.18. The van der Waals surface area contributed by atoms with Crippen LogP contribution in [0, 0.1) is 0 Å². The van der Waals surface area contributed by atoms with Gasteiger partial charge in [-0.3, -0.25) is 4.79 Å². The van der Waals surface area contributed by atoms with Gasteiger partial charge in [-0.2, -0.15) is 8.78 Å². The number of nitrogens with zero attached hydrogens (tertiary/aromatic N) is 1. The summed E-state index contributed by atoms with van der Waals surface area (Å²) in [5.41, 5.74) is 0. The van der Waals surface area contributed by atoms with E-state index in [1.807, 2.05) is 0 Å². The summed E-state index contributed by atoms with van der Waals surface area (Å²) < 4.78 is 25.1. The molecule has 0 spiro atoms. The maximum Gasteiger partial charge on any atom is 0.376 e. The Bertz CT molecular complexity index is 246. The molecule has 7 heteroatoms. The molecule has 1 saturated heterocycles. The molecule has 4 nitrogen and oxygen atoms in total. The molecule has 1 N–H and O–H groups in total. The first-order valence-electron chi connectivity index (χ1n) is 3.46. The van der Waals surface area contributed by atoms with Crippen LogP contribution in [-0.2, 0) is 4.79 Å². The smallest absolute Gasteiger partial charge is 0.376 e. The van der Waals surface area contributed by atoms with Crippen molar-refractivity contribution in [2.75, 3.05) is 18.8 Å². The van der Waals surface area contributed by atoms with Gasteiger partial charge in [0.1, 0.15) is 0 Å². The van der Waals surface area contributed by atoms with Gasteiger partial charge >= 0.3 is 11.9 Å². The van der Waals surface area contributed by atoms with E-state index >= 15 is 0 Å². The van der Waals surface area contributed by atoms with Crippen molar-refractivity contribution in [2.45, 2.75) is 5.92 Å². The number of rotatable bonds is 3. The number of amides is 1. The summed E-state index contributed by atoms with van der Waals surface area (Å²) in [5.74, 6) is -5.60. The summed E-state index contributed by atoms with van der Waals surface area (Å²) in [5, 5.41) is 7.61. The van der Waals surface area contributed by atoms with E-state index in [1.165, 1.54) is 0 Å². The number of hydrogen-bond donors (Lipinski definition) is 1. The highest BCUT2D eigenvalue weighted by Gasteiger charge is 2.42. The Morgan fingerprint density at radius 2 is 2.31 bits per heavy atom. The molecule has 1 fully saturated rings. The predicted molar refractivity (Wildman–Crippen MR) is 42.0 cm³/mol. The minimum Gasteiger partial charge on any atom is -0.477 e. The molecule has 1 rings (SSSR count). The Labute approximate surface area is 76.9 Å². The molecular formula is C6H7F2NO3S. The molecule has 0 aromatic rings. The summed E-state index contributed by atoms with van der Waals surface area (Å²) >= 11 is 0.919. The third-order valence-electron chi connectivity index (χ3n) is 1.55. The van der Waals surface area contributed by atoms with Crippen LogP contribution in [-0.4, -0.2) is 46.0 Å². The first-order chi connectivity index (χ1) is 5.93. The second-order valence-electron chi connectivity index (χ2n) is 2.55. The second kappa shape index (κ2) is 3.49. The number of thioether (sulfide) groups is 1. The van der Waals surface area contributed by atoms with E-state index in [2.05, 4.69) is 0 Å². The van der Waals surface area contributed by atoms with Crippen molar-refractivity contribution in [3.63, 3.8) is 0 Å². The monoisotopic (exact) mass is 211 g/mol. The zero-order valence-electron chi connectivity index (χ0n) is 6.50. The summed E-state index contributed by atoms with van der Waals surface area (Å²) in [6.45, 7) is -0.847. The summed E-state index contributed by atoms with van der Waals surface area (Å²) in [4.78, 5) is 21.7. The summed E-state index contributed by atoms with van der Waals surface area (Å²) in [7, 11) is 0. The first-order valence-corrected chi connectivity index (χ1v) is 4.45.